The van der Waals surface area contributed by atoms with Gasteiger partial charge in [-0.1, -0.05) is 6.92 Å². The number of hydrogen-bond acceptors (Lipinski definition) is 3. The van der Waals surface area contributed by atoms with Gasteiger partial charge in [0.05, 0.1) is 6.61 Å². The largest absolute Gasteiger partial charge is 0.383 e. The second-order valence-corrected chi connectivity index (χ2v) is 4.76. The van der Waals surface area contributed by atoms with Crippen LogP contribution in [0, 0.1) is 5.92 Å². The van der Waals surface area contributed by atoms with Gasteiger partial charge in [-0.2, -0.15) is 0 Å². The molecule has 90 valence electrons. The summed E-state index contributed by atoms with van der Waals surface area (Å²) in [6.45, 7) is 10.0. The summed E-state index contributed by atoms with van der Waals surface area (Å²) in [7, 11) is 1.75. The average Bonchev–Trinajstić information content (AvgIpc) is 2.20. The Kier molecular flexibility index (Phi) is 6.22. The zero-order valence-electron chi connectivity index (χ0n) is 10.5. The van der Waals surface area contributed by atoms with Crippen LogP contribution < -0.4 is 5.32 Å². The summed E-state index contributed by atoms with van der Waals surface area (Å²) in [6.07, 6.45) is 2.72. The van der Waals surface area contributed by atoms with Gasteiger partial charge in [0.2, 0.25) is 0 Å². The number of hydrogen-bond donors (Lipinski definition) is 1. The zero-order valence-corrected chi connectivity index (χ0v) is 10.5. The molecule has 1 fully saturated rings. The highest BCUT2D eigenvalue weighted by Gasteiger charge is 2.21. The highest BCUT2D eigenvalue weighted by Crippen LogP contribution is 2.21. The van der Waals surface area contributed by atoms with E-state index in [0.717, 1.165) is 31.7 Å². The van der Waals surface area contributed by atoms with Crippen LogP contribution in [-0.2, 0) is 4.74 Å². The number of ether oxygens (including phenoxy) is 1. The molecule has 2 unspecified atom stereocenters. The Morgan fingerprint density at radius 1 is 1.33 bits per heavy atom. The highest BCUT2D eigenvalue weighted by molar-refractivity contribution is 4.77. The Labute approximate surface area is 94.2 Å². The maximum Gasteiger partial charge on any atom is 0.0587 e. The van der Waals surface area contributed by atoms with E-state index in [2.05, 4.69) is 24.1 Å². The first kappa shape index (κ1) is 12.9. The molecule has 0 aromatic heterocycles. The second-order valence-electron chi connectivity index (χ2n) is 4.76. The number of piperidine rings is 1. The van der Waals surface area contributed by atoms with Gasteiger partial charge >= 0.3 is 0 Å². The van der Waals surface area contributed by atoms with Crippen LogP contribution in [0.1, 0.15) is 26.7 Å². The van der Waals surface area contributed by atoms with Crippen molar-refractivity contribution >= 4 is 0 Å². The van der Waals surface area contributed by atoms with E-state index in [1.54, 1.807) is 7.11 Å². The predicted octanol–water partition coefficient (Wildman–Crippen LogP) is 1.34. The third kappa shape index (κ3) is 4.96. The van der Waals surface area contributed by atoms with Gasteiger partial charge in [-0.15, -0.1) is 0 Å². The molecule has 1 aliphatic heterocycles. The number of nitrogens with zero attached hydrogens (tertiary/aromatic N) is 1. The second kappa shape index (κ2) is 7.20. The highest BCUT2D eigenvalue weighted by atomic mass is 16.5. The van der Waals surface area contributed by atoms with E-state index < -0.39 is 0 Å². The van der Waals surface area contributed by atoms with Gasteiger partial charge in [0, 0.05) is 32.8 Å². The lowest BCUT2D eigenvalue weighted by atomic mass is 9.93. The van der Waals surface area contributed by atoms with E-state index in [0.29, 0.717) is 0 Å². The van der Waals surface area contributed by atoms with Gasteiger partial charge in [0.25, 0.3) is 0 Å². The van der Waals surface area contributed by atoms with Crippen LogP contribution >= 0.6 is 0 Å². The standard InChI is InChI=1S/C12H26N2O/c1-11-4-7-14(12(2)10-11)8-5-13-6-9-15-3/h11-13H,4-10H2,1-3H3. The van der Waals surface area contributed by atoms with Crippen LogP contribution in [-0.4, -0.2) is 50.8 Å². The lowest BCUT2D eigenvalue weighted by Gasteiger charge is -2.36. The molecule has 1 aliphatic rings. The normalized spacial score (nSPS) is 28.2. The van der Waals surface area contributed by atoms with E-state index >= 15 is 0 Å². The van der Waals surface area contributed by atoms with E-state index in [1.807, 2.05) is 0 Å². The van der Waals surface area contributed by atoms with Gasteiger partial charge in [0.1, 0.15) is 0 Å². The molecule has 0 aliphatic carbocycles. The number of methoxy groups -OCH3 is 1. The molecule has 15 heavy (non-hydrogen) atoms. The summed E-state index contributed by atoms with van der Waals surface area (Å²) in [5.41, 5.74) is 0. The minimum Gasteiger partial charge on any atom is -0.383 e. The van der Waals surface area contributed by atoms with Crippen molar-refractivity contribution in [1.29, 1.82) is 0 Å². The topological polar surface area (TPSA) is 24.5 Å². The Morgan fingerprint density at radius 3 is 2.80 bits per heavy atom. The first-order chi connectivity index (χ1) is 7.24. The minimum absolute atomic E-state index is 0.762. The molecule has 2 atom stereocenters. The Balaban J connectivity index is 2.05. The van der Waals surface area contributed by atoms with Crippen LogP contribution in [0.15, 0.2) is 0 Å². The van der Waals surface area contributed by atoms with E-state index in [4.69, 9.17) is 4.74 Å². The third-order valence-electron chi connectivity index (χ3n) is 3.33. The molecule has 0 amide bonds. The van der Waals surface area contributed by atoms with Gasteiger partial charge in [0.15, 0.2) is 0 Å². The number of nitrogens with one attached hydrogen (secondary N) is 1. The molecule has 1 N–H and O–H groups in total. The van der Waals surface area contributed by atoms with Crippen molar-refractivity contribution in [3.8, 4) is 0 Å². The molecule has 0 saturated carbocycles. The summed E-state index contributed by atoms with van der Waals surface area (Å²) >= 11 is 0. The summed E-state index contributed by atoms with van der Waals surface area (Å²) in [5.74, 6) is 0.915. The van der Waals surface area contributed by atoms with Crippen molar-refractivity contribution in [2.45, 2.75) is 32.7 Å². The fraction of sp³-hybridized carbons (Fsp3) is 1.00. The smallest absolute Gasteiger partial charge is 0.0587 e. The van der Waals surface area contributed by atoms with Crippen molar-refractivity contribution in [1.82, 2.24) is 10.2 Å². The van der Waals surface area contributed by atoms with Crippen LogP contribution in [0.5, 0.6) is 0 Å². The molecule has 1 rings (SSSR count). The maximum atomic E-state index is 4.99. The molecule has 0 bridgehead atoms. The van der Waals surface area contributed by atoms with Crippen molar-refractivity contribution in [2.75, 3.05) is 39.9 Å². The van der Waals surface area contributed by atoms with Crippen molar-refractivity contribution in [3.05, 3.63) is 0 Å². The summed E-state index contributed by atoms with van der Waals surface area (Å²) in [4.78, 5) is 2.60. The van der Waals surface area contributed by atoms with Crippen LogP contribution in [0.2, 0.25) is 0 Å². The third-order valence-corrected chi connectivity index (χ3v) is 3.33. The fourth-order valence-corrected chi connectivity index (χ4v) is 2.31. The monoisotopic (exact) mass is 214 g/mol. The van der Waals surface area contributed by atoms with Gasteiger partial charge < -0.3 is 10.1 Å². The van der Waals surface area contributed by atoms with Gasteiger partial charge in [-0.3, -0.25) is 4.90 Å². The predicted molar refractivity (Wildman–Crippen MR) is 64.2 cm³/mol. The summed E-state index contributed by atoms with van der Waals surface area (Å²) in [6, 6.07) is 0.762. The van der Waals surface area contributed by atoms with Crippen molar-refractivity contribution in [3.63, 3.8) is 0 Å². The lowest BCUT2D eigenvalue weighted by Crippen LogP contribution is -2.43. The Bertz CT molecular complexity index is 164. The molecule has 0 aromatic carbocycles. The average molecular weight is 214 g/mol. The zero-order chi connectivity index (χ0) is 11.1. The van der Waals surface area contributed by atoms with Crippen LogP contribution in [0.25, 0.3) is 0 Å². The van der Waals surface area contributed by atoms with Crippen LogP contribution in [0.4, 0.5) is 0 Å². The molecule has 0 radical (unpaired) electrons. The molecule has 3 heteroatoms. The minimum atomic E-state index is 0.762. The van der Waals surface area contributed by atoms with Gasteiger partial charge in [-0.25, -0.2) is 0 Å². The summed E-state index contributed by atoms with van der Waals surface area (Å²) in [5, 5.41) is 3.40. The van der Waals surface area contributed by atoms with E-state index in [9.17, 15) is 0 Å². The first-order valence-electron chi connectivity index (χ1n) is 6.17. The SMILES string of the molecule is COCCNCCN1CCC(C)CC1C. The van der Waals surface area contributed by atoms with Crippen LogP contribution in [0.3, 0.4) is 0 Å². The molecular weight excluding hydrogens is 188 g/mol. The fourth-order valence-electron chi connectivity index (χ4n) is 2.31. The molecular formula is C12H26N2O. The number of likely N-dealkylation sites (tertiary alicyclic amines) is 1. The van der Waals surface area contributed by atoms with Gasteiger partial charge in [-0.05, 0) is 32.2 Å². The molecule has 0 spiro atoms. The Hall–Kier alpha value is -0.120. The molecule has 3 nitrogen and oxygen atoms in total. The van der Waals surface area contributed by atoms with E-state index in [1.165, 1.54) is 25.9 Å². The molecule has 1 saturated heterocycles. The van der Waals surface area contributed by atoms with Crippen molar-refractivity contribution in [2.24, 2.45) is 5.92 Å². The molecule has 1 heterocycles. The maximum absolute atomic E-state index is 4.99. The summed E-state index contributed by atoms with van der Waals surface area (Å²) < 4.78 is 4.99. The number of rotatable bonds is 6. The quantitative estimate of drug-likeness (QED) is 0.675. The lowest BCUT2D eigenvalue weighted by molar-refractivity contribution is 0.129. The molecule has 0 aromatic rings. The first-order valence-corrected chi connectivity index (χ1v) is 6.17. The van der Waals surface area contributed by atoms with Crippen molar-refractivity contribution < 1.29 is 4.74 Å². The Morgan fingerprint density at radius 2 is 2.13 bits per heavy atom. The van der Waals surface area contributed by atoms with E-state index in [-0.39, 0.29) is 0 Å².